The van der Waals surface area contributed by atoms with Crippen molar-refractivity contribution in [3.8, 4) is 5.75 Å². The third-order valence-corrected chi connectivity index (χ3v) is 3.77. The van der Waals surface area contributed by atoms with E-state index in [1.54, 1.807) is 7.11 Å². The Labute approximate surface area is 133 Å². The molecule has 2 aromatic rings. The summed E-state index contributed by atoms with van der Waals surface area (Å²) in [6, 6.07) is 13.3. The van der Waals surface area contributed by atoms with Crippen LogP contribution in [0.1, 0.15) is 15.9 Å². The lowest BCUT2D eigenvalue weighted by atomic mass is 10.0. The largest absolute Gasteiger partial charge is 0.496 e. The van der Waals surface area contributed by atoms with Crippen molar-refractivity contribution >= 4 is 27.4 Å². The SMILES string of the molecule is COc1ccc(Br)cc1CC(=O)c1cccc(N(C)C)c1. The standard InChI is InChI=1S/C17H18BrNO2/c1-19(2)15-6-4-5-12(10-15)16(20)11-13-9-14(18)7-8-17(13)21-3/h4-10H,11H2,1-3H3. The predicted molar refractivity (Wildman–Crippen MR) is 89.5 cm³/mol. The molecule has 0 saturated carbocycles. The summed E-state index contributed by atoms with van der Waals surface area (Å²) in [7, 11) is 5.53. The highest BCUT2D eigenvalue weighted by Gasteiger charge is 2.12. The van der Waals surface area contributed by atoms with E-state index in [-0.39, 0.29) is 5.78 Å². The Morgan fingerprint density at radius 2 is 1.95 bits per heavy atom. The summed E-state index contributed by atoms with van der Waals surface area (Å²) >= 11 is 3.43. The molecular formula is C17H18BrNO2. The summed E-state index contributed by atoms with van der Waals surface area (Å²) in [4.78, 5) is 14.5. The maximum atomic E-state index is 12.5. The van der Waals surface area contributed by atoms with Crippen molar-refractivity contribution in [1.82, 2.24) is 0 Å². The number of benzene rings is 2. The zero-order valence-corrected chi connectivity index (χ0v) is 14.0. The van der Waals surface area contributed by atoms with Gasteiger partial charge in [0, 0.05) is 41.8 Å². The average molecular weight is 348 g/mol. The van der Waals surface area contributed by atoms with Gasteiger partial charge in [-0.15, -0.1) is 0 Å². The number of hydrogen-bond donors (Lipinski definition) is 0. The fraction of sp³-hybridized carbons (Fsp3) is 0.235. The van der Waals surface area contributed by atoms with E-state index >= 15 is 0 Å². The van der Waals surface area contributed by atoms with Crippen LogP contribution in [0.15, 0.2) is 46.9 Å². The van der Waals surface area contributed by atoms with E-state index in [2.05, 4.69) is 15.9 Å². The number of carbonyl (C=O) groups is 1. The van der Waals surface area contributed by atoms with Gasteiger partial charge in [-0.25, -0.2) is 0 Å². The molecule has 110 valence electrons. The monoisotopic (exact) mass is 347 g/mol. The van der Waals surface area contributed by atoms with E-state index in [0.717, 1.165) is 21.5 Å². The van der Waals surface area contributed by atoms with Crippen LogP contribution in [0, 0.1) is 0 Å². The Morgan fingerprint density at radius 3 is 2.62 bits per heavy atom. The minimum atomic E-state index is 0.0788. The number of rotatable bonds is 5. The number of hydrogen-bond acceptors (Lipinski definition) is 3. The van der Waals surface area contributed by atoms with Gasteiger partial charge in [-0.05, 0) is 30.3 Å². The molecule has 0 aromatic heterocycles. The topological polar surface area (TPSA) is 29.5 Å². The Kier molecular flexibility index (Phi) is 5.02. The molecule has 0 bridgehead atoms. The summed E-state index contributed by atoms with van der Waals surface area (Å²) in [6.07, 6.45) is 0.319. The van der Waals surface area contributed by atoms with Crippen LogP contribution < -0.4 is 9.64 Å². The van der Waals surface area contributed by atoms with Crippen molar-refractivity contribution < 1.29 is 9.53 Å². The highest BCUT2D eigenvalue weighted by Crippen LogP contribution is 2.25. The van der Waals surface area contributed by atoms with E-state index in [9.17, 15) is 4.79 Å². The fourth-order valence-electron chi connectivity index (χ4n) is 2.12. The van der Waals surface area contributed by atoms with E-state index in [0.29, 0.717) is 12.0 Å². The molecule has 0 spiro atoms. The molecule has 3 nitrogen and oxygen atoms in total. The van der Waals surface area contributed by atoms with Gasteiger partial charge >= 0.3 is 0 Å². The van der Waals surface area contributed by atoms with E-state index in [1.165, 1.54) is 0 Å². The summed E-state index contributed by atoms with van der Waals surface area (Å²) < 4.78 is 6.26. The van der Waals surface area contributed by atoms with Crippen LogP contribution in [0.3, 0.4) is 0 Å². The summed E-state index contributed by atoms with van der Waals surface area (Å²) in [6.45, 7) is 0. The van der Waals surface area contributed by atoms with Crippen LogP contribution in [0.25, 0.3) is 0 Å². The molecule has 0 aliphatic rings. The quantitative estimate of drug-likeness (QED) is 0.767. The maximum Gasteiger partial charge on any atom is 0.167 e. The van der Waals surface area contributed by atoms with Gasteiger partial charge in [-0.2, -0.15) is 0 Å². The van der Waals surface area contributed by atoms with Crippen molar-refractivity contribution in [2.75, 3.05) is 26.1 Å². The van der Waals surface area contributed by atoms with Crippen LogP contribution in [-0.4, -0.2) is 27.0 Å². The van der Waals surface area contributed by atoms with Gasteiger partial charge in [0.15, 0.2) is 5.78 Å². The van der Waals surface area contributed by atoms with E-state index in [4.69, 9.17) is 4.74 Å². The Balaban J connectivity index is 2.26. The first-order valence-corrected chi connectivity index (χ1v) is 7.43. The Bertz CT molecular complexity index is 653. The maximum absolute atomic E-state index is 12.5. The van der Waals surface area contributed by atoms with Gasteiger partial charge < -0.3 is 9.64 Å². The number of ether oxygens (including phenoxy) is 1. The van der Waals surface area contributed by atoms with Crippen LogP contribution in [0.4, 0.5) is 5.69 Å². The number of methoxy groups -OCH3 is 1. The zero-order chi connectivity index (χ0) is 15.4. The highest BCUT2D eigenvalue weighted by molar-refractivity contribution is 9.10. The van der Waals surface area contributed by atoms with Gasteiger partial charge in [0.1, 0.15) is 5.75 Å². The lowest BCUT2D eigenvalue weighted by Gasteiger charge is -2.13. The van der Waals surface area contributed by atoms with Crippen molar-refractivity contribution in [3.05, 3.63) is 58.1 Å². The lowest BCUT2D eigenvalue weighted by Crippen LogP contribution is -2.10. The first-order valence-electron chi connectivity index (χ1n) is 6.64. The predicted octanol–water partition coefficient (Wildman–Crippen LogP) is 3.95. The van der Waals surface area contributed by atoms with Crippen LogP contribution in [0.2, 0.25) is 0 Å². The smallest absolute Gasteiger partial charge is 0.167 e. The van der Waals surface area contributed by atoms with Gasteiger partial charge in [-0.1, -0.05) is 28.1 Å². The number of nitrogens with zero attached hydrogens (tertiary/aromatic N) is 1. The second-order valence-electron chi connectivity index (χ2n) is 5.00. The van der Waals surface area contributed by atoms with Crippen LogP contribution in [-0.2, 0) is 6.42 Å². The molecule has 0 saturated heterocycles. The second kappa shape index (κ2) is 6.76. The summed E-state index contributed by atoms with van der Waals surface area (Å²) in [5.74, 6) is 0.811. The molecule has 0 unspecified atom stereocenters. The number of halogens is 1. The van der Waals surface area contributed by atoms with Gasteiger partial charge in [0.25, 0.3) is 0 Å². The van der Waals surface area contributed by atoms with Gasteiger partial charge in [0.05, 0.1) is 7.11 Å². The molecule has 0 fully saturated rings. The third-order valence-electron chi connectivity index (χ3n) is 3.28. The summed E-state index contributed by atoms with van der Waals surface area (Å²) in [5, 5.41) is 0. The molecule has 0 amide bonds. The Hall–Kier alpha value is -1.81. The molecule has 2 aromatic carbocycles. The van der Waals surface area contributed by atoms with Gasteiger partial charge in [0.2, 0.25) is 0 Å². The molecule has 4 heteroatoms. The minimum Gasteiger partial charge on any atom is -0.496 e. The molecule has 2 rings (SSSR count). The van der Waals surface area contributed by atoms with Crippen molar-refractivity contribution in [3.63, 3.8) is 0 Å². The third kappa shape index (κ3) is 3.85. The average Bonchev–Trinajstić information content (AvgIpc) is 2.47. The normalized spacial score (nSPS) is 10.3. The lowest BCUT2D eigenvalue weighted by molar-refractivity contribution is 0.0992. The minimum absolute atomic E-state index is 0.0788. The van der Waals surface area contributed by atoms with E-state index in [1.807, 2.05) is 61.5 Å². The van der Waals surface area contributed by atoms with Crippen molar-refractivity contribution in [2.24, 2.45) is 0 Å². The zero-order valence-electron chi connectivity index (χ0n) is 12.4. The molecule has 0 aliphatic heterocycles. The van der Waals surface area contributed by atoms with Crippen molar-refractivity contribution in [2.45, 2.75) is 6.42 Å². The molecule has 0 radical (unpaired) electrons. The number of carbonyl (C=O) groups excluding carboxylic acids is 1. The van der Waals surface area contributed by atoms with Crippen LogP contribution >= 0.6 is 15.9 Å². The molecule has 0 N–H and O–H groups in total. The number of anilines is 1. The molecular weight excluding hydrogens is 330 g/mol. The molecule has 0 heterocycles. The van der Waals surface area contributed by atoms with E-state index < -0.39 is 0 Å². The number of ketones is 1. The first kappa shape index (κ1) is 15.6. The molecule has 0 aliphatic carbocycles. The second-order valence-corrected chi connectivity index (χ2v) is 5.92. The molecule has 0 atom stereocenters. The van der Waals surface area contributed by atoms with Crippen molar-refractivity contribution in [1.29, 1.82) is 0 Å². The Morgan fingerprint density at radius 1 is 1.19 bits per heavy atom. The highest BCUT2D eigenvalue weighted by atomic mass is 79.9. The first-order chi connectivity index (χ1) is 10.0. The fourth-order valence-corrected chi connectivity index (χ4v) is 2.53. The molecule has 21 heavy (non-hydrogen) atoms. The number of Topliss-reactive ketones (excluding diaryl/α,β-unsaturated/α-hetero) is 1. The van der Waals surface area contributed by atoms with Crippen LogP contribution in [0.5, 0.6) is 5.75 Å². The summed E-state index contributed by atoms with van der Waals surface area (Å²) in [5.41, 5.74) is 2.61. The van der Waals surface area contributed by atoms with Gasteiger partial charge in [-0.3, -0.25) is 4.79 Å².